The number of hydrogen-bond acceptors (Lipinski definition) is 4. The number of nitriles is 1. The van der Waals surface area contributed by atoms with Crippen LogP contribution in [0, 0.1) is 23.2 Å². The van der Waals surface area contributed by atoms with Crippen LogP contribution in [0.4, 0.5) is 0 Å². The summed E-state index contributed by atoms with van der Waals surface area (Å²) in [6.07, 6.45) is 0.524. The highest BCUT2D eigenvalue weighted by atomic mass is 16.2. The van der Waals surface area contributed by atoms with Gasteiger partial charge in [0.15, 0.2) is 0 Å². The van der Waals surface area contributed by atoms with Crippen LogP contribution in [0.15, 0.2) is 0 Å². The van der Waals surface area contributed by atoms with E-state index in [0.29, 0.717) is 6.42 Å². The Balaban J connectivity index is 2.68. The Hall–Kier alpha value is -1.90. The second kappa shape index (κ2) is 5.63. The van der Waals surface area contributed by atoms with E-state index in [4.69, 9.17) is 5.26 Å². The summed E-state index contributed by atoms with van der Waals surface area (Å²) in [6.45, 7) is 3.54. The van der Waals surface area contributed by atoms with Gasteiger partial charge in [0.05, 0.1) is 6.07 Å². The highest BCUT2D eigenvalue weighted by Gasteiger charge is 2.34. The Kier molecular flexibility index (Phi) is 4.43. The number of piperidine rings is 1. The quantitative estimate of drug-likeness (QED) is 0.717. The van der Waals surface area contributed by atoms with Gasteiger partial charge in [-0.15, -0.1) is 0 Å². The summed E-state index contributed by atoms with van der Waals surface area (Å²) in [6, 6.07) is 1.22. The molecule has 1 fully saturated rings. The monoisotopic (exact) mass is 251 g/mol. The van der Waals surface area contributed by atoms with E-state index in [-0.39, 0.29) is 18.2 Å². The molecule has 0 radical (unpaired) electrons. The van der Waals surface area contributed by atoms with Gasteiger partial charge in [0.2, 0.25) is 11.8 Å². The third-order valence-electron chi connectivity index (χ3n) is 3.05. The molecule has 1 N–H and O–H groups in total. The molecule has 1 heterocycles. The van der Waals surface area contributed by atoms with E-state index in [0.717, 1.165) is 4.90 Å². The van der Waals surface area contributed by atoms with Crippen molar-refractivity contribution in [1.82, 2.24) is 10.2 Å². The van der Waals surface area contributed by atoms with E-state index in [1.165, 1.54) is 7.05 Å². The van der Waals surface area contributed by atoms with Crippen molar-refractivity contribution in [2.45, 2.75) is 32.7 Å². The summed E-state index contributed by atoms with van der Waals surface area (Å²) in [5, 5.41) is 11.4. The molecule has 0 aromatic carbocycles. The number of amides is 3. The van der Waals surface area contributed by atoms with Gasteiger partial charge in [-0.1, -0.05) is 13.8 Å². The molecule has 18 heavy (non-hydrogen) atoms. The Morgan fingerprint density at radius 2 is 2.11 bits per heavy atom. The average Bonchev–Trinajstić information content (AvgIpc) is 2.30. The van der Waals surface area contributed by atoms with E-state index in [9.17, 15) is 14.4 Å². The number of carbonyl (C=O) groups excluding carboxylic acids is 3. The van der Waals surface area contributed by atoms with Crippen molar-refractivity contribution in [3.8, 4) is 6.07 Å². The van der Waals surface area contributed by atoms with Crippen LogP contribution in [0.5, 0.6) is 0 Å². The summed E-state index contributed by atoms with van der Waals surface area (Å²) in [5.74, 6) is -2.01. The van der Waals surface area contributed by atoms with Crippen LogP contribution in [-0.4, -0.2) is 35.7 Å². The highest BCUT2D eigenvalue weighted by molar-refractivity contribution is 6.01. The summed E-state index contributed by atoms with van der Waals surface area (Å²) in [7, 11) is 1.40. The molecule has 1 rings (SSSR count). The van der Waals surface area contributed by atoms with Gasteiger partial charge in [-0.25, -0.2) is 0 Å². The second-order valence-electron chi connectivity index (χ2n) is 4.74. The fourth-order valence-electron chi connectivity index (χ4n) is 1.82. The van der Waals surface area contributed by atoms with E-state index < -0.39 is 23.8 Å². The molecule has 2 atom stereocenters. The maximum Gasteiger partial charge on any atom is 0.251 e. The molecular weight excluding hydrogens is 234 g/mol. The van der Waals surface area contributed by atoms with Crippen molar-refractivity contribution < 1.29 is 14.4 Å². The van der Waals surface area contributed by atoms with Crippen molar-refractivity contribution in [3.63, 3.8) is 0 Å². The fourth-order valence-corrected chi connectivity index (χ4v) is 1.82. The number of imide groups is 1. The van der Waals surface area contributed by atoms with E-state index in [2.05, 4.69) is 5.32 Å². The number of likely N-dealkylation sites (tertiary alicyclic amines) is 1. The molecule has 0 bridgehead atoms. The van der Waals surface area contributed by atoms with E-state index in [1.54, 1.807) is 13.8 Å². The van der Waals surface area contributed by atoms with Gasteiger partial charge < -0.3 is 5.32 Å². The number of carbonyl (C=O) groups is 3. The highest BCUT2D eigenvalue weighted by Crippen LogP contribution is 2.14. The molecule has 0 aliphatic carbocycles. The number of likely N-dealkylation sites (N-methyl/N-ethyl adjacent to an activating group) is 1. The first-order valence-corrected chi connectivity index (χ1v) is 5.88. The van der Waals surface area contributed by atoms with Crippen LogP contribution < -0.4 is 5.32 Å². The van der Waals surface area contributed by atoms with Gasteiger partial charge >= 0.3 is 0 Å². The Morgan fingerprint density at radius 3 is 2.61 bits per heavy atom. The predicted octanol–water partition coefficient (Wildman–Crippen LogP) is 0.0458. The lowest BCUT2D eigenvalue weighted by molar-refractivity contribution is -0.149. The molecule has 1 aliphatic heterocycles. The largest absolute Gasteiger partial charge is 0.343 e. The van der Waals surface area contributed by atoms with Crippen molar-refractivity contribution in [2.75, 3.05) is 7.05 Å². The predicted molar refractivity (Wildman–Crippen MR) is 62.9 cm³/mol. The number of rotatable bonds is 3. The van der Waals surface area contributed by atoms with E-state index >= 15 is 0 Å². The summed E-state index contributed by atoms with van der Waals surface area (Å²) in [5.41, 5.74) is 0. The van der Waals surface area contributed by atoms with Gasteiger partial charge in [-0.05, 0) is 12.3 Å². The zero-order chi connectivity index (χ0) is 13.9. The Labute approximate surface area is 106 Å². The minimum absolute atomic E-state index is 0.118. The Bertz CT molecular complexity index is 411. The zero-order valence-corrected chi connectivity index (χ0v) is 10.8. The standard InChI is InChI=1S/C12H17N3O3/c1-7(2)8(6-13)11(17)14-9-4-5-10(16)15(3)12(9)18/h7-9H,4-5H2,1-3H3,(H,14,17). The third kappa shape index (κ3) is 2.86. The molecule has 98 valence electrons. The summed E-state index contributed by atoms with van der Waals surface area (Å²) < 4.78 is 0. The minimum Gasteiger partial charge on any atom is -0.343 e. The van der Waals surface area contributed by atoms with Crippen molar-refractivity contribution >= 4 is 17.7 Å². The topological polar surface area (TPSA) is 90.3 Å². The smallest absolute Gasteiger partial charge is 0.251 e. The van der Waals surface area contributed by atoms with E-state index in [1.807, 2.05) is 6.07 Å². The van der Waals surface area contributed by atoms with Gasteiger partial charge in [0.25, 0.3) is 5.91 Å². The maximum absolute atomic E-state index is 11.8. The van der Waals surface area contributed by atoms with Gasteiger partial charge in [-0.3, -0.25) is 19.3 Å². The first-order chi connectivity index (χ1) is 8.38. The van der Waals surface area contributed by atoms with Crippen LogP contribution in [0.2, 0.25) is 0 Å². The van der Waals surface area contributed by atoms with Crippen LogP contribution >= 0.6 is 0 Å². The molecule has 6 heteroatoms. The molecule has 0 spiro atoms. The van der Waals surface area contributed by atoms with Crippen LogP contribution in [0.3, 0.4) is 0 Å². The third-order valence-corrected chi connectivity index (χ3v) is 3.05. The summed E-state index contributed by atoms with van der Waals surface area (Å²) >= 11 is 0. The Morgan fingerprint density at radius 1 is 1.50 bits per heavy atom. The molecule has 3 amide bonds. The zero-order valence-electron chi connectivity index (χ0n) is 10.8. The second-order valence-corrected chi connectivity index (χ2v) is 4.74. The van der Waals surface area contributed by atoms with Gasteiger partial charge in [0.1, 0.15) is 12.0 Å². The molecule has 1 aliphatic rings. The first-order valence-electron chi connectivity index (χ1n) is 5.88. The fraction of sp³-hybridized carbons (Fsp3) is 0.667. The molecule has 0 saturated carbocycles. The SMILES string of the molecule is CC(C)C(C#N)C(=O)NC1CCC(=O)N(C)C1=O. The lowest BCUT2D eigenvalue weighted by atomic mass is 9.95. The lowest BCUT2D eigenvalue weighted by Gasteiger charge is -2.29. The van der Waals surface area contributed by atoms with Crippen LogP contribution in [0.1, 0.15) is 26.7 Å². The molecule has 0 aromatic heterocycles. The normalized spacial score (nSPS) is 21.7. The van der Waals surface area contributed by atoms with Crippen LogP contribution in [-0.2, 0) is 14.4 Å². The number of hydrogen-bond donors (Lipinski definition) is 1. The van der Waals surface area contributed by atoms with Gasteiger partial charge in [-0.2, -0.15) is 5.26 Å². The van der Waals surface area contributed by atoms with Crippen molar-refractivity contribution in [2.24, 2.45) is 11.8 Å². The molecule has 1 saturated heterocycles. The number of nitrogens with one attached hydrogen (secondary N) is 1. The van der Waals surface area contributed by atoms with Gasteiger partial charge in [0, 0.05) is 13.5 Å². The molecular formula is C12H17N3O3. The van der Waals surface area contributed by atoms with Crippen molar-refractivity contribution in [3.05, 3.63) is 0 Å². The molecule has 0 aromatic rings. The lowest BCUT2D eigenvalue weighted by Crippen LogP contribution is -2.54. The molecule has 6 nitrogen and oxygen atoms in total. The average molecular weight is 251 g/mol. The first kappa shape index (κ1) is 14.2. The molecule has 2 unspecified atom stereocenters. The number of nitrogens with zero attached hydrogens (tertiary/aromatic N) is 2. The minimum atomic E-state index is -0.777. The van der Waals surface area contributed by atoms with Crippen LogP contribution in [0.25, 0.3) is 0 Å². The summed E-state index contributed by atoms with van der Waals surface area (Å²) in [4.78, 5) is 35.9. The maximum atomic E-state index is 11.8. The van der Waals surface area contributed by atoms with Crippen molar-refractivity contribution in [1.29, 1.82) is 5.26 Å².